The molecule has 0 bridgehead atoms. The molecule has 2 aromatic carbocycles. The van der Waals surface area contributed by atoms with Crippen LogP contribution in [-0.4, -0.2) is 50.0 Å². The van der Waals surface area contributed by atoms with E-state index >= 15 is 0 Å². The maximum Gasteiger partial charge on any atom is 0.573 e. The molecule has 212 valence electrons. The zero-order valence-electron chi connectivity index (χ0n) is 22.3. The van der Waals surface area contributed by atoms with Crippen LogP contribution in [0.15, 0.2) is 49.2 Å². The Morgan fingerprint density at radius 2 is 1.93 bits per heavy atom. The molecule has 1 unspecified atom stereocenters. The number of aromatic nitrogens is 1. The van der Waals surface area contributed by atoms with Crippen LogP contribution in [0.25, 0.3) is 5.57 Å². The van der Waals surface area contributed by atoms with Crippen molar-refractivity contribution in [2.24, 2.45) is 5.84 Å². The Morgan fingerprint density at radius 3 is 2.52 bits per heavy atom. The number of nitrogens with two attached hydrogens (primary N) is 1. The van der Waals surface area contributed by atoms with Crippen LogP contribution >= 0.6 is 11.6 Å². The van der Waals surface area contributed by atoms with Gasteiger partial charge in [-0.05, 0) is 48.2 Å². The lowest BCUT2D eigenvalue weighted by Gasteiger charge is -2.39. The normalized spacial score (nSPS) is 14.8. The minimum Gasteiger partial charge on any atom is -0.497 e. The number of halogens is 4. The zero-order chi connectivity index (χ0) is 29.4. The van der Waals surface area contributed by atoms with Crippen molar-refractivity contribution in [2.45, 2.75) is 25.7 Å². The second-order valence-corrected chi connectivity index (χ2v) is 9.63. The van der Waals surface area contributed by atoms with Gasteiger partial charge in [-0.1, -0.05) is 30.3 Å². The number of allylic oxidation sites excluding steroid dienone is 1. The molecule has 2 N–H and O–H groups in total. The van der Waals surface area contributed by atoms with Gasteiger partial charge >= 0.3 is 6.36 Å². The van der Waals surface area contributed by atoms with Crippen LogP contribution < -0.4 is 25.1 Å². The van der Waals surface area contributed by atoms with E-state index in [-0.39, 0.29) is 17.1 Å². The molecule has 0 spiro atoms. The van der Waals surface area contributed by atoms with E-state index in [4.69, 9.17) is 26.9 Å². The van der Waals surface area contributed by atoms with E-state index in [1.54, 1.807) is 26.1 Å². The standard InChI is InChI=1S/C28H28ClF3N4O4/c1-15(2)22-24(29)20(14-34-26(22)35(3)33)27(37)36-10-9-16-11-19(38-4)13-21(39-5)23(16)25(36)17-7-6-8-18(12-17)40-28(30,31)32/h6-8,11-14,25H,1,9-10,33H2,2-5H3. The third-order valence-corrected chi connectivity index (χ3v) is 6.91. The number of methoxy groups -OCH3 is 2. The van der Waals surface area contributed by atoms with Gasteiger partial charge in [0.25, 0.3) is 5.91 Å². The lowest BCUT2D eigenvalue weighted by molar-refractivity contribution is -0.274. The summed E-state index contributed by atoms with van der Waals surface area (Å²) in [6, 6.07) is 8.14. The molecule has 0 saturated carbocycles. The van der Waals surface area contributed by atoms with Crippen LogP contribution in [0.2, 0.25) is 5.02 Å². The van der Waals surface area contributed by atoms with E-state index in [0.717, 1.165) is 5.56 Å². The molecule has 2 heterocycles. The van der Waals surface area contributed by atoms with Crippen molar-refractivity contribution in [3.63, 3.8) is 0 Å². The Labute approximate surface area is 234 Å². The highest BCUT2D eigenvalue weighted by Gasteiger charge is 2.38. The van der Waals surface area contributed by atoms with Crippen LogP contribution in [0.4, 0.5) is 19.0 Å². The highest BCUT2D eigenvalue weighted by molar-refractivity contribution is 6.36. The van der Waals surface area contributed by atoms with Crippen molar-refractivity contribution in [3.8, 4) is 17.2 Å². The second kappa shape index (κ2) is 11.3. The van der Waals surface area contributed by atoms with Crippen LogP contribution in [-0.2, 0) is 6.42 Å². The Bertz CT molecular complexity index is 1440. The molecule has 1 aliphatic heterocycles. The third-order valence-electron chi connectivity index (χ3n) is 6.52. The number of anilines is 1. The molecule has 12 heteroatoms. The molecule has 3 aromatic rings. The Hall–Kier alpha value is -3.96. The fraction of sp³-hybridized carbons (Fsp3) is 0.286. The summed E-state index contributed by atoms with van der Waals surface area (Å²) in [5.74, 6) is 6.30. The first-order chi connectivity index (χ1) is 18.9. The topological polar surface area (TPSA) is 90.2 Å². The molecule has 1 atom stereocenters. The third kappa shape index (κ3) is 5.66. The summed E-state index contributed by atoms with van der Waals surface area (Å²) in [5.41, 5.74) is 2.85. The highest BCUT2D eigenvalue weighted by Crippen LogP contribution is 2.45. The lowest BCUT2D eigenvalue weighted by atomic mass is 9.86. The number of fused-ring (bicyclic) bond motifs is 1. The largest absolute Gasteiger partial charge is 0.573 e. The molecule has 1 aromatic heterocycles. The summed E-state index contributed by atoms with van der Waals surface area (Å²) in [6.45, 7) is 5.88. The summed E-state index contributed by atoms with van der Waals surface area (Å²) >= 11 is 6.74. The SMILES string of the molecule is C=C(C)c1c(N(C)N)ncc(C(=O)N2CCc3cc(OC)cc(OC)c3C2c2cccc(OC(F)(F)F)c2)c1Cl. The van der Waals surface area contributed by atoms with Crippen molar-refractivity contribution in [2.75, 3.05) is 32.8 Å². The van der Waals surface area contributed by atoms with Gasteiger partial charge < -0.3 is 19.1 Å². The average Bonchev–Trinajstić information content (AvgIpc) is 2.89. The van der Waals surface area contributed by atoms with Crippen molar-refractivity contribution in [1.82, 2.24) is 9.88 Å². The Kier molecular flexibility index (Phi) is 8.18. The number of pyridine rings is 1. The Morgan fingerprint density at radius 1 is 1.20 bits per heavy atom. The number of ether oxygens (including phenoxy) is 3. The molecule has 0 radical (unpaired) electrons. The van der Waals surface area contributed by atoms with Crippen molar-refractivity contribution in [3.05, 3.63) is 82.0 Å². The maximum atomic E-state index is 14.2. The first-order valence-corrected chi connectivity index (χ1v) is 12.5. The first kappa shape index (κ1) is 29.0. The summed E-state index contributed by atoms with van der Waals surface area (Å²) in [7, 11) is 4.57. The van der Waals surface area contributed by atoms with Gasteiger partial charge in [0.1, 0.15) is 17.2 Å². The molecule has 0 aliphatic carbocycles. The van der Waals surface area contributed by atoms with Gasteiger partial charge in [0.2, 0.25) is 0 Å². The molecule has 0 saturated heterocycles. The lowest BCUT2D eigenvalue weighted by Crippen LogP contribution is -2.41. The van der Waals surface area contributed by atoms with Crippen molar-refractivity contribution >= 4 is 28.9 Å². The molecular weight excluding hydrogens is 549 g/mol. The number of benzene rings is 2. The van der Waals surface area contributed by atoms with Crippen molar-refractivity contribution in [1.29, 1.82) is 0 Å². The summed E-state index contributed by atoms with van der Waals surface area (Å²) in [5, 5.41) is 1.38. The molecule has 8 nitrogen and oxygen atoms in total. The zero-order valence-corrected chi connectivity index (χ0v) is 23.1. The monoisotopic (exact) mass is 576 g/mol. The number of carbonyl (C=O) groups is 1. The van der Waals surface area contributed by atoms with Gasteiger partial charge in [0, 0.05) is 37.0 Å². The van der Waals surface area contributed by atoms with Gasteiger partial charge in [0.15, 0.2) is 5.82 Å². The highest BCUT2D eigenvalue weighted by atomic mass is 35.5. The van der Waals surface area contributed by atoms with E-state index in [0.29, 0.717) is 46.0 Å². The average molecular weight is 577 g/mol. The van der Waals surface area contributed by atoms with Gasteiger partial charge in [-0.3, -0.25) is 9.80 Å². The minimum atomic E-state index is -4.89. The molecule has 4 rings (SSSR count). The number of rotatable bonds is 7. The summed E-state index contributed by atoms with van der Waals surface area (Å²) < 4.78 is 54.4. The van der Waals surface area contributed by atoms with Crippen LogP contribution in [0.5, 0.6) is 17.2 Å². The number of carbonyl (C=O) groups excluding carboxylic acids is 1. The smallest absolute Gasteiger partial charge is 0.497 e. The molecule has 1 amide bonds. The molecular formula is C28H28ClF3N4O4. The van der Waals surface area contributed by atoms with Gasteiger partial charge in [-0.2, -0.15) is 0 Å². The van der Waals surface area contributed by atoms with E-state index in [2.05, 4.69) is 16.3 Å². The molecule has 40 heavy (non-hydrogen) atoms. The number of hydrazine groups is 1. The van der Waals surface area contributed by atoms with Crippen LogP contribution in [0.1, 0.15) is 45.6 Å². The quantitative estimate of drug-likeness (QED) is 0.282. The molecule has 1 aliphatic rings. The maximum absolute atomic E-state index is 14.2. The van der Waals surface area contributed by atoms with E-state index in [1.807, 2.05) is 6.07 Å². The predicted octanol–water partition coefficient (Wildman–Crippen LogP) is 5.78. The van der Waals surface area contributed by atoms with Crippen molar-refractivity contribution < 1.29 is 32.2 Å². The first-order valence-electron chi connectivity index (χ1n) is 12.1. The number of nitrogens with zero attached hydrogens (tertiary/aromatic N) is 3. The second-order valence-electron chi connectivity index (χ2n) is 9.25. The summed E-state index contributed by atoms with van der Waals surface area (Å²) in [4.78, 5) is 20.0. The fourth-order valence-corrected chi connectivity index (χ4v) is 5.24. The number of hydrogen-bond acceptors (Lipinski definition) is 7. The van der Waals surface area contributed by atoms with Gasteiger partial charge in [0.05, 0.1) is 30.8 Å². The van der Waals surface area contributed by atoms with E-state index in [9.17, 15) is 18.0 Å². The van der Waals surface area contributed by atoms with E-state index in [1.165, 1.54) is 48.5 Å². The number of amides is 1. The van der Waals surface area contributed by atoms with Crippen LogP contribution in [0.3, 0.4) is 0 Å². The predicted molar refractivity (Wildman–Crippen MR) is 146 cm³/mol. The van der Waals surface area contributed by atoms with Gasteiger partial charge in [-0.25, -0.2) is 10.8 Å². The van der Waals surface area contributed by atoms with E-state index < -0.39 is 24.1 Å². The minimum absolute atomic E-state index is 0.0916. The Balaban J connectivity index is 1.91. The number of hydrogen-bond donors (Lipinski definition) is 1. The molecule has 0 fully saturated rings. The fourth-order valence-electron chi connectivity index (χ4n) is 4.86. The summed E-state index contributed by atoms with van der Waals surface area (Å²) in [6.07, 6.45) is -3.14. The van der Waals surface area contributed by atoms with Gasteiger partial charge in [-0.15, -0.1) is 13.2 Å². The number of alkyl halides is 3. The van der Waals surface area contributed by atoms with Crippen LogP contribution in [0, 0.1) is 0 Å².